The average molecular weight is 374 g/mol. The first-order valence-electron chi connectivity index (χ1n) is 2.79. The van der Waals surface area contributed by atoms with E-state index in [0.717, 1.165) is 7.14 Å². The Labute approximate surface area is 91.3 Å². The van der Waals surface area contributed by atoms with E-state index in [1.54, 1.807) is 18.2 Å². The second-order valence-corrected chi connectivity index (χ2v) is 4.26. The minimum Gasteiger partial charge on any atom is -0.478 e. The summed E-state index contributed by atoms with van der Waals surface area (Å²) in [5.41, 5.74) is 0.342. The Morgan fingerprint density at radius 2 is 1.91 bits per heavy atom. The van der Waals surface area contributed by atoms with E-state index in [1.807, 2.05) is 0 Å². The minimum absolute atomic E-state index is 0.342. The number of benzene rings is 1. The molecule has 1 aromatic rings. The molecule has 0 unspecified atom stereocenters. The van der Waals surface area contributed by atoms with Gasteiger partial charge in [0.1, 0.15) is 0 Å². The van der Waals surface area contributed by atoms with Gasteiger partial charge >= 0.3 is 5.97 Å². The monoisotopic (exact) mass is 374 g/mol. The molecular weight excluding hydrogens is 370 g/mol. The molecular formula is C7H4I2O2. The summed E-state index contributed by atoms with van der Waals surface area (Å²) in [6.45, 7) is 0. The van der Waals surface area contributed by atoms with E-state index >= 15 is 0 Å². The van der Waals surface area contributed by atoms with Gasteiger partial charge in [-0.1, -0.05) is 0 Å². The van der Waals surface area contributed by atoms with Gasteiger partial charge in [0.2, 0.25) is 0 Å². The van der Waals surface area contributed by atoms with E-state index in [4.69, 9.17) is 5.11 Å². The number of carboxylic acids is 1. The molecule has 0 saturated heterocycles. The molecule has 1 aromatic carbocycles. The van der Waals surface area contributed by atoms with Crippen LogP contribution in [0.15, 0.2) is 18.2 Å². The van der Waals surface area contributed by atoms with Gasteiger partial charge in [-0.2, -0.15) is 0 Å². The summed E-state index contributed by atoms with van der Waals surface area (Å²) in [4.78, 5) is 10.5. The Hall–Kier alpha value is 0.150. The van der Waals surface area contributed by atoms with E-state index in [2.05, 4.69) is 45.2 Å². The van der Waals surface area contributed by atoms with Crippen LogP contribution in [0.2, 0.25) is 0 Å². The number of halogens is 2. The molecule has 0 fully saturated rings. The van der Waals surface area contributed by atoms with Crippen LogP contribution < -0.4 is 0 Å². The molecule has 58 valence electrons. The van der Waals surface area contributed by atoms with Crippen LogP contribution in [0.1, 0.15) is 10.4 Å². The molecule has 0 spiro atoms. The Kier molecular flexibility index (Phi) is 3.11. The molecule has 1 rings (SSSR count). The van der Waals surface area contributed by atoms with Crippen LogP contribution in [0.3, 0.4) is 0 Å². The SMILES string of the molecule is O=C(O)c1ccc(I)c(I)c1. The first-order valence-corrected chi connectivity index (χ1v) is 4.95. The van der Waals surface area contributed by atoms with Crippen molar-refractivity contribution in [2.45, 2.75) is 0 Å². The van der Waals surface area contributed by atoms with Crippen LogP contribution in [0.4, 0.5) is 0 Å². The highest BCUT2D eigenvalue weighted by molar-refractivity contribution is 14.1. The number of carboxylic acid groups (broad SMARTS) is 1. The highest BCUT2D eigenvalue weighted by Gasteiger charge is 2.03. The molecule has 0 aliphatic heterocycles. The van der Waals surface area contributed by atoms with Crippen molar-refractivity contribution in [1.82, 2.24) is 0 Å². The third-order valence-electron chi connectivity index (χ3n) is 1.17. The zero-order chi connectivity index (χ0) is 8.43. The predicted molar refractivity (Wildman–Crippen MR) is 58.8 cm³/mol. The fraction of sp³-hybridized carbons (Fsp3) is 0. The second-order valence-electron chi connectivity index (χ2n) is 1.93. The number of rotatable bonds is 1. The zero-order valence-corrected chi connectivity index (χ0v) is 9.66. The van der Waals surface area contributed by atoms with Gasteiger partial charge in [-0.25, -0.2) is 4.79 Å². The molecule has 1 N–H and O–H groups in total. The van der Waals surface area contributed by atoms with Gasteiger partial charge < -0.3 is 5.11 Å². The van der Waals surface area contributed by atoms with E-state index in [1.165, 1.54) is 0 Å². The maximum atomic E-state index is 10.5. The lowest BCUT2D eigenvalue weighted by Gasteiger charge is -1.96. The fourth-order valence-electron chi connectivity index (χ4n) is 0.629. The Morgan fingerprint density at radius 1 is 1.27 bits per heavy atom. The van der Waals surface area contributed by atoms with Crippen molar-refractivity contribution in [1.29, 1.82) is 0 Å². The Morgan fingerprint density at radius 3 is 2.36 bits per heavy atom. The minimum atomic E-state index is -0.876. The summed E-state index contributed by atoms with van der Waals surface area (Å²) < 4.78 is 2.05. The lowest BCUT2D eigenvalue weighted by Crippen LogP contribution is -1.96. The van der Waals surface area contributed by atoms with Gasteiger partial charge in [-0.15, -0.1) is 0 Å². The Bertz CT molecular complexity index is 296. The molecule has 4 heteroatoms. The summed E-state index contributed by atoms with van der Waals surface area (Å²) in [5, 5.41) is 8.59. The maximum Gasteiger partial charge on any atom is 0.335 e. The topological polar surface area (TPSA) is 37.3 Å². The van der Waals surface area contributed by atoms with Crippen LogP contribution in [0, 0.1) is 7.14 Å². The van der Waals surface area contributed by atoms with Crippen molar-refractivity contribution in [3.05, 3.63) is 30.9 Å². The fourth-order valence-corrected chi connectivity index (χ4v) is 1.48. The van der Waals surface area contributed by atoms with Crippen molar-refractivity contribution < 1.29 is 9.90 Å². The molecule has 0 radical (unpaired) electrons. The van der Waals surface area contributed by atoms with Crippen LogP contribution in [-0.4, -0.2) is 11.1 Å². The predicted octanol–water partition coefficient (Wildman–Crippen LogP) is 2.59. The second kappa shape index (κ2) is 3.70. The van der Waals surface area contributed by atoms with Gasteiger partial charge in [0.15, 0.2) is 0 Å². The third-order valence-corrected chi connectivity index (χ3v) is 4.03. The van der Waals surface area contributed by atoms with E-state index < -0.39 is 5.97 Å². The van der Waals surface area contributed by atoms with Gasteiger partial charge in [0.25, 0.3) is 0 Å². The summed E-state index contributed by atoms with van der Waals surface area (Å²) >= 11 is 4.28. The first kappa shape index (κ1) is 9.24. The summed E-state index contributed by atoms with van der Waals surface area (Å²) in [6.07, 6.45) is 0. The average Bonchev–Trinajstić information content (AvgIpc) is 1.94. The molecule has 0 aliphatic rings. The van der Waals surface area contributed by atoms with Crippen LogP contribution >= 0.6 is 45.2 Å². The zero-order valence-electron chi connectivity index (χ0n) is 5.34. The van der Waals surface area contributed by atoms with Crippen molar-refractivity contribution in [2.24, 2.45) is 0 Å². The number of aromatic carboxylic acids is 1. The molecule has 0 bridgehead atoms. The van der Waals surface area contributed by atoms with Crippen molar-refractivity contribution in [3.63, 3.8) is 0 Å². The summed E-state index contributed by atoms with van der Waals surface area (Å²) in [7, 11) is 0. The summed E-state index contributed by atoms with van der Waals surface area (Å²) in [5.74, 6) is -0.876. The van der Waals surface area contributed by atoms with Crippen molar-refractivity contribution >= 4 is 51.2 Å². The number of hydrogen-bond acceptors (Lipinski definition) is 1. The van der Waals surface area contributed by atoms with Crippen molar-refractivity contribution in [3.8, 4) is 0 Å². The van der Waals surface area contributed by atoms with Gasteiger partial charge in [-0.3, -0.25) is 0 Å². The van der Waals surface area contributed by atoms with Crippen LogP contribution in [0.5, 0.6) is 0 Å². The number of carbonyl (C=O) groups is 1. The highest BCUT2D eigenvalue weighted by atomic mass is 127. The van der Waals surface area contributed by atoms with Crippen molar-refractivity contribution in [2.75, 3.05) is 0 Å². The quantitative estimate of drug-likeness (QED) is 0.768. The Balaban J connectivity index is 3.15. The van der Waals surface area contributed by atoms with E-state index in [-0.39, 0.29) is 0 Å². The molecule has 0 heterocycles. The highest BCUT2D eigenvalue weighted by Crippen LogP contribution is 2.16. The maximum absolute atomic E-state index is 10.5. The van der Waals surface area contributed by atoms with Gasteiger partial charge in [0, 0.05) is 7.14 Å². The normalized spacial score (nSPS) is 9.64. The third kappa shape index (κ3) is 2.29. The van der Waals surface area contributed by atoms with Crippen LogP contribution in [0.25, 0.3) is 0 Å². The molecule has 0 aromatic heterocycles. The first-order chi connectivity index (χ1) is 5.11. The van der Waals surface area contributed by atoms with E-state index in [0.29, 0.717) is 5.56 Å². The van der Waals surface area contributed by atoms with Crippen LogP contribution in [-0.2, 0) is 0 Å². The molecule has 0 amide bonds. The number of hydrogen-bond donors (Lipinski definition) is 1. The molecule has 0 saturated carbocycles. The molecule has 0 atom stereocenters. The summed E-state index contributed by atoms with van der Waals surface area (Å²) in [6, 6.07) is 5.06. The largest absolute Gasteiger partial charge is 0.478 e. The van der Waals surface area contributed by atoms with Gasteiger partial charge in [0.05, 0.1) is 5.56 Å². The smallest absolute Gasteiger partial charge is 0.335 e. The van der Waals surface area contributed by atoms with Gasteiger partial charge in [-0.05, 0) is 63.4 Å². The molecule has 0 aliphatic carbocycles. The lowest BCUT2D eigenvalue weighted by atomic mass is 10.2. The lowest BCUT2D eigenvalue weighted by molar-refractivity contribution is 0.0697. The standard InChI is InChI=1S/C7H4I2O2/c8-5-2-1-4(7(10)11)3-6(5)9/h1-3H,(H,10,11). The molecule has 11 heavy (non-hydrogen) atoms. The van der Waals surface area contributed by atoms with E-state index in [9.17, 15) is 4.79 Å². The molecule has 2 nitrogen and oxygen atoms in total.